The summed E-state index contributed by atoms with van der Waals surface area (Å²) in [6.45, 7) is 4.82. The molecule has 0 fully saturated rings. The summed E-state index contributed by atoms with van der Waals surface area (Å²) in [5.74, 6) is 6.63. The van der Waals surface area contributed by atoms with Gasteiger partial charge in [0.25, 0.3) is 0 Å². The first kappa shape index (κ1) is 33.9. The molecule has 7 aromatic rings. The van der Waals surface area contributed by atoms with Crippen molar-refractivity contribution >= 4 is 56.3 Å². The van der Waals surface area contributed by atoms with Crippen molar-refractivity contribution < 1.29 is 0 Å². The highest BCUT2D eigenvalue weighted by atomic mass is 14.9. The molecule has 0 spiro atoms. The van der Waals surface area contributed by atoms with Crippen LogP contribution in [0, 0.1) is 11.8 Å². The molecule has 4 aromatic carbocycles. The van der Waals surface area contributed by atoms with Gasteiger partial charge in [-0.1, -0.05) is 98.5 Å². The average molecular weight is 724 g/mol. The number of hydrogen-bond donors (Lipinski definition) is 1. The third-order valence-corrected chi connectivity index (χ3v) is 11.3. The first-order valence-corrected chi connectivity index (χ1v) is 20.0. The summed E-state index contributed by atoms with van der Waals surface area (Å²) in [7, 11) is 0. The van der Waals surface area contributed by atoms with Crippen molar-refractivity contribution in [3.05, 3.63) is 143 Å². The molecule has 5 nitrogen and oxygen atoms in total. The molecule has 0 radical (unpaired) electrons. The molecule has 0 saturated heterocycles. The van der Waals surface area contributed by atoms with Crippen LogP contribution in [0.25, 0.3) is 78.0 Å². The zero-order valence-corrected chi connectivity index (χ0v) is 31.8. The SMILES string of the molecule is C1#CC2=C(CC1)NCC=C2c1ccc2cc(-c3ccc4nc(-c5ccc(-c6ccc7ccc8c(c7n6)N=CCC8)c6c5CCC=C6)ccc4c3)ccc2n1.CC. The minimum absolute atomic E-state index is 0.820. The summed E-state index contributed by atoms with van der Waals surface area (Å²) in [6, 6.07) is 35.1. The normalized spacial score (nSPS) is 15.2. The number of benzene rings is 4. The summed E-state index contributed by atoms with van der Waals surface area (Å²) in [4.78, 5) is 20.3. The number of aromatic nitrogens is 3. The Bertz CT molecular complexity index is 2950. The zero-order valence-electron chi connectivity index (χ0n) is 31.8. The molecule has 0 amide bonds. The van der Waals surface area contributed by atoms with Crippen LogP contribution in [0.1, 0.15) is 61.9 Å². The number of allylic oxidation sites excluding steroid dienone is 4. The van der Waals surface area contributed by atoms with E-state index in [0.717, 1.165) is 123 Å². The second-order valence-electron chi connectivity index (χ2n) is 14.5. The monoisotopic (exact) mass is 723 g/mol. The number of hydrogen-bond acceptors (Lipinski definition) is 5. The minimum atomic E-state index is 0.820. The van der Waals surface area contributed by atoms with Gasteiger partial charge in [0.2, 0.25) is 0 Å². The van der Waals surface area contributed by atoms with E-state index in [-0.39, 0.29) is 0 Å². The lowest BCUT2D eigenvalue weighted by Crippen LogP contribution is -2.21. The van der Waals surface area contributed by atoms with E-state index in [2.05, 4.69) is 132 Å². The van der Waals surface area contributed by atoms with Crippen molar-refractivity contribution in [3.8, 4) is 45.5 Å². The lowest BCUT2D eigenvalue weighted by atomic mass is 9.86. The molecule has 0 bridgehead atoms. The highest BCUT2D eigenvalue weighted by Crippen LogP contribution is 2.39. The molecular formula is C51H41N5. The second-order valence-corrected chi connectivity index (χ2v) is 14.5. The third kappa shape index (κ3) is 5.90. The van der Waals surface area contributed by atoms with Crippen molar-refractivity contribution in [1.29, 1.82) is 0 Å². The van der Waals surface area contributed by atoms with Gasteiger partial charge in [-0.25, -0.2) is 15.0 Å². The van der Waals surface area contributed by atoms with Crippen LogP contribution in [0.4, 0.5) is 5.69 Å². The molecular weight excluding hydrogens is 683 g/mol. The van der Waals surface area contributed by atoms with Gasteiger partial charge in [-0.3, -0.25) is 4.99 Å². The Kier molecular flexibility index (Phi) is 8.60. The van der Waals surface area contributed by atoms with Gasteiger partial charge in [0.15, 0.2) is 0 Å². The predicted octanol–water partition coefficient (Wildman–Crippen LogP) is 12.0. The van der Waals surface area contributed by atoms with Gasteiger partial charge in [0, 0.05) is 57.7 Å². The molecule has 5 heterocycles. The summed E-state index contributed by atoms with van der Waals surface area (Å²) in [5.41, 5.74) is 19.0. The van der Waals surface area contributed by atoms with E-state index in [0.29, 0.717) is 0 Å². The molecule has 0 unspecified atom stereocenters. The van der Waals surface area contributed by atoms with Crippen LogP contribution in [0.2, 0.25) is 0 Å². The van der Waals surface area contributed by atoms with E-state index >= 15 is 0 Å². The lowest BCUT2D eigenvalue weighted by molar-refractivity contribution is 0.796. The van der Waals surface area contributed by atoms with E-state index < -0.39 is 0 Å². The Hall–Kier alpha value is -6.64. The van der Waals surface area contributed by atoms with Gasteiger partial charge < -0.3 is 5.32 Å². The van der Waals surface area contributed by atoms with Crippen LogP contribution >= 0.6 is 0 Å². The number of fused-ring (bicyclic) bond motifs is 6. The molecule has 3 aromatic heterocycles. The smallest absolute Gasteiger partial charge is 0.0968 e. The Labute approximate surface area is 327 Å². The molecule has 2 aliphatic carbocycles. The van der Waals surface area contributed by atoms with Crippen LogP contribution < -0.4 is 5.32 Å². The molecule has 270 valence electrons. The third-order valence-electron chi connectivity index (χ3n) is 11.3. The highest BCUT2D eigenvalue weighted by Gasteiger charge is 2.21. The Morgan fingerprint density at radius 2 is 1.36 bits per heavy atom. The number of dihydropyridines is 1. The Morgan fingerprint density at radius 1 is 0.643 bits per heavy atom. The van der Waals surface area contributed by atoms with Crippen LogP contribution in [0.5, 0.6) is 0 Å². The van der Waals surface area contributed by atoms with E-state index in [9.17, 15) is 0 Å². The van der Waals surface area contributed by atoms with Gasteiger partial charge in [0.05, 0.1) is 44.9 Å². The van der Waals surface area contributed by atoms with Crippen molar-refractivity contribution in [3.63, 3.8) is 0 Å². The van der Waals surface area contributed by atoms with Gasteiger partial charge in [-0.05, 0) is 102 Å². The second kappa shape index (κ2) is 14.2. The molecule has 4 aliphatic rings. The van der Waals surface area contributed by atoms with Crippen molar-refractivity contribution in [1.82, 2.24) is 20.3 Å². The van der Waals surface area contributed by atoms with Crippen LogP contribution in [-0.4, -0.2) is 27.7 Å². The quantitative estimate of drug-likeness (QED) is 0.184. The van der Waals surface area contributed by atoms with Gasteiger partial charge in [0.1, 0.15) is 0 Å². The van der Waals surface area contributed by atoms with Gasteiger partial charge in [-0.2, -0.15) is 0 Å². The van der Waals surface area contributed by atoms with E-state index in [1.54, 1.807) is 0 Å². The maximum atomic E-state index is 5.22. The molecule has 5 heteroatoms. The van der Waals surface area contributed by atoms with Gasteiger partial charge in [-0.15, -0.1) is 0 Å². The maximum absolute atomic E-state index is 5.22. The number of aryl methyl sites for hydroxylation is 1. The molecule has 11 rings (SSSR count). The van der Waals surface area contributed by atoms with E-state index in [4.69, 9.17) is 19.9 Å². The zero-order chi connectivity index (χ0) is 37.6. The number of rotatable bonds is 4. The number of pyridine rings is 3. The fraction of sp³-hybridized carbons (Fsp3) is 0.176. The lowest BCUT2D eigenvalue weighted by Gasteiger charge is -2.21. The molecule has 0 saturated carbocycles. The first-order valence-electron chi connectivity index (χ1n) is 20.0. The summed E-state index contributed by atoms with van der Waals surface area (Å²) >= 11 is 0. The highest BCUT2D eigenvalue weighted by molar-refractivity contribution is 5.96. The van der Waals surface area contributed by atoms with E-state index in [1.807, 2.05) is 20.1 Å². The average Bonchev–Trinajstić information content (AvgIpc) is 3.28. The van der Waals surface area contributed by atoms with Crippen LogP contribution in [0.3, 0.4) is 0 Å². The molecule has 1 N–H and O–H groups in total. The summed E-state index contributed by atoms with van der Waals surface area (Å²) in [5, 5.41) is 6.87. The van der Waals surface area contributed by atoms with Crippen molar-refractivity contribution in [2.45, 2.75) is 52.4 Å². The molecule has 2 aliphatic heterocycles. The van der Waals surface area contributed by atoms with E-state index in [1.165, 1.54) is 33.5 Å². The van der Waals surface area contributed by atoms with Crippen LogP contribution in [0.15, 0.2) is 125 Å². The standard InChI is InChI=1S/C49H35N5.C2H6/c1-2-8-37-36(7-1)39(18-19-40(37)47-22-13-31-12-11-30-6-5-26-51-48(30)49(31)54-47)45-23-16-34-28-32(14-20-42(34)52-45)33-15-21-43-35(29-33)17-24-46(53-43)41-25-27-50-44-10-4-3-9-38(41)44;1-2/h2,8,11-26,28-29,50H,1,4-7,10,27H2;1-2H3. The number of nitrogens with one attached hydrogen (secondary N) is 1. The van der Waals surface area contributed by atoms with Gasteiger partial charge >= 0.3 is 0 Å². The fourth-order valence-electron chi connectivity index (χ4n) is 8.57. The summed E-state index contributed by atoms with van der Waals surface area (Å²) < 4.78 is 0. The predicted molar refractivity (Wildman–Crippen MR) is 234 cm³/mol. The minimum Gasteiger partial charge on any atom is -0.384 e. The summed E-state index contributed by atoms with van der Waals surface area (Å²) in [6.07, 6.45) is 14.7. The molecule has 0 atom stereocenters. The fourth-order valence-corrected chi connectivity index (χ4v) is 8.57. The molecule has 56 heavy (non-hydrogen) atoms. The Balaban J connectivity index is 0.00000189. The maximum Gasteiger partial charge on any atom is 0.0968 e. The number of nitrogens with zero attached hydrogens (tertiary/aromatic N) is 4. The largest absolute Gasteiger partial charge is 0.384 e. The topological polar surface area (TPSA) is 63.1 Å². The Morgan fingerprint density at radius 3 is 2.18 bits per heavy atom. The first-order chi connectivity index (χ1) is 27.7. The van der Waals surface area contributed by atoms with Crippen LogP contribution in [-0.2, 0) is 12.8 Å². The van der Waals surface area contributed by atoms with Crippen molar-refractivity contribution in [2.75, 3.05) is 6.54 Å². The van der Waals surface area contributed by atoms with Crippen molar-refractivity contribution in [2.24, 2.45) is 4.99 Å². The number of aliphatic imine (C=N–C) groups is 1.